The standard InChI is InChI=1S/C14H16ClN3O3/c1-8(16-12(19)7-21-3)13-17-11-6-9(15)4-5-10(11)14(20)18(13)2/h4-6,8H,7H2,1-3H3,(H,16,19). The minimum atomic E-state index is -0.422. The molecule has 2 aromatic rings. The summed E-state index contributed by atoms with van der Waals surface area (Å²) in [5.41, 5.74) is 0.327. The summed E-state index contributed by atoms with van der Waals surface area (Å²) in [4.78, 5) is 28.3. The number of amides is 1. The first kappa shape index (κ1) is 15.5. The second-order valence-corrected chi connectivity index (χ2v) is 5.15. The number of methoxy groups -OCH3 is 1. The van der Waals surface area contributed by atoms with Crippen molar-refractivity contribution in [1.82, 2.24) is 14.9 Å². The van der Waals surface area contributed by atoms with Gasteiger partial charge in [-0.25, -0.2) is 4.98 Å². The zero-order valence-electron chi connectivity index (χ0n) is 12.0. The Morgan fingerprint density at radius 2 is 2.24 bits per heavy atom. The van der Waals surface area contributed by atoms with Crippen LogP contribution < -0.4 is 10.9 Å². The van der Waals surface area contributed by atoms with E-state index < -0.39 is 6.04 Å². The van der Waals surface area contributed by atoms with Crippen LogP contribution in [0.5, 0.6) is 0 Å². The second-order valence-electron chi connectivity index (χ2n) is 4.72. The molecule has 1 heterocycles. The Morgan fingerprint density at radius 3 is 2.90 bits per heavy atom. The van der Waals surface area contributed by atoms with Crippen LogP contribution in [0.2, 0.25) is 5.02 Å². The van der Waals surface area contributed by atoms with Gasteiger partial charge in [0.25, 0.3) is 5.56 Å². The first-order valence-corrected chi connectivity index (χ1v) is 6.76. The fourth-order valence-electron chi connectivity index (χ4n) is 2.13. The van der Waals surface area contributed by atoms with Gasteiger partial charge < -0.3 is 10.1 Å². The molecule has 1 aromatic carbocycles. The number of carbonyl (C=O) groups is 1. The summed E-state index contributed by atoms with van der Waals surface area (Å²) in [5.74, 6) is 0.185. The Bertz CT molecular complexity index is 742. The monoisotopic (exact) mass is 309 g/mol. The number of carbonyl (C=O) groups excluding carboxylic acids is 1. The van der Waals surface area contributed by atoms with Crippen molar-refractivity contribution in [3.05, 3.63) is 39.4 Å². The second kappa shape index (κ2) is 6.24. The molecule has 21 heavy (non-hydrogen) atoms. The third kappa shape index (κ3) is 3.22. The lowest BCUT2D eigenvalue weighted by Gasteiger charge is -2.17. The zero-order valence-corrected chi connectivity index (χ0v) is 12.8. The molecule has 0 aliphatic rings. The van der Waals surface area contributed by atoms with Crippen LogP contribution in [0.15, 0.2) is 23.0 Å². The molecule has 0 saturated heterocycles. The van der Waals surface area contributed by atoms with Gasteiger partial charge in [-0.15, -0.1) is 0 Å². The number of nitrogens with zero attached hydrogens (tertiary/aromatic N) is 2. The van der Waals surface area contributed by atoms with Crippen LogP contribution in [0.25, 0.3) is 10.9 Å². The molecule has 1 amide bonds. The molecule has 7 heteroatoms. The number of benzene rings is 1. The van der Waals surface area contributed by atoms with Gasteiger partial charge in [0.15, 0.2) is 0 Å². The van der Waals surface area contributed by atoms with E-state index in [9.17, 15) is 9.59 Å². The minimum Gasteiger partial charge on any atom is -0.375 e. The highest BCUT2D eigenvalue weighted by Gasteiger charge is 2.16. The molecule has 1 N–H and O–H groups in total. The average molecular weight is 310 g/mol. The molecule has 0 aliphatic heterocycles. The van der Waals surface area contributed by atoms with Crippen LogP contribution >= 0.6 is 11.6 Å². The summed E-state index contributed by atoms with van der Waals surface area (Å²) < 4.78 is 6.19. The van der Waals surface area contributed by atoms with E-state index in [0.717, 1.165) is 0 Å². The minimum absolute atomic E-state index is 0.0440. The van der Waals surface area contributed by atoms with Gasteiger partial charge in [-0.05, 0) is 25.1 Å². The number of hydrogen-bond donors (Lipinski definition) is 1. The summed E-state index contributed by atoms with van der Waals surface area (Å²) in [6.07, 6.45) is 0. The Morgan fingerprint density at radius 1 is 1.52 bits per heavy atom. The molecule has 112 valence electrons. The summed E-state index contributed by atoms with van der Waals surface area (Å²) >= 11 is 5.93. The van der Waals surface area contributed by atoms with Gasteiger partial charge in [0.1, 0.15) is 12.4 Å². The fraction of sp³-hybridized carbons (Fsp3) is 0.357. The van der Waals surface area contributed by atoms with E-state index >= 15 is 0 Å². The van der Waals surface area contributed by atoms with Crippen molar-refractivity contribution in [3.63, 3.8) is 0 Å². The van der Waals surface area contributed by atoms with Crippen molar-refractivity contribution < 1.29 is 9.53 Å². The zero-order chi connectivity index (χ0) is 15.6. The lowest BCUT2D eigenvalue weighted by molar-refractivity contribution is -0.125. The quantitative estimate of drug-likeness (QED) is 0.927. The summed E-state index contributed by atoms with van der Waals surface area (Å²) in [6.45, 7) is 1.71. The number of ether oxygens (including phenoxy) is 1. The molecular weight excluding hydrogens is 294 g/mol. The summed E-state index contributed by atoms with van der Waals surface area (Å²) in [5, 5.41) is 3.72. The molecule has 0 fully saturated rings. The highest BCUT2D eigenvalue weighted by atomic mass is 35.5. The molecule has 2 rings (SSSR count). The van der Waals surface area contributed by atoms with Crippen molar-refractivity contribution in [2.75, 3.05) is 13.7 Å². The SMILES string of the molecule is COCC(=O)NC(C)c1nc2cc(Cl)ccc2c(=O)n1C. The van der Waals surface area contributed by atoms with Gasteiger partial charge in [-0.1, -0.05) is 11.6 Å². The topological polar surface area (TPSA) is 73.2 Å². The number of fused-ring (bicyclic) bond motifs is 1. The lowest BCUT2D eigenvalue weighted by Crippen LogP contribution is -2.34. The van der Waals surface area contributed by atoms with E-state index in [4.69, 9.17) is 16.3 Å². The largest absolute Gasteiger partial charge is 0.375 e. The van der Waals surface area contributed by atoms with Crippen LogP contribution in [0.4, 0.5) is 0 Å². The van der Waals surface area contributed by atoms with E-state index in [0.29, 0.717) is 21.7 Å². The fourth-order valence-corrected chi connectivity index (χ4v) is 2.29. The highest BCUT2D eigenvalue weighted by Crippen LogP contribution is 2.17. The van der Waals surface area contributed by atoms with Gasteiger partial charge in [-0.2, -0.15) is 0 Å². The smallest absolute Gasteiger partial charge is 0.261 e. The third-order valence-electron chi connectivity index (χ3n) is 3.11. The Balaban J connectivity index is 2.46. The number of nitrogens with one attached hydrogen (secondary N) is 1. The predicted octanol–water partition coefficient (Wildman–Crippen LogP) is 1.41. The van der Waals surface area contributed by atoms with E-state index in [1.54, 1.807) is 32.2 Å². The number of hydrogen-bond acceptors (Lipinski definition) is 4. The molecular formula is C14H16ClN3O3. The van der Waals surface area contributed by atoms with Crippen LogP contribution in [-0.2, 0) is 16.6 Å². The predicted molar refractivity (Wildman–Crippen MR) is 80.4 cm³/mol. The van der Waals surface area contributed by atoms with E-state index in [1.165, 1.54) is 11.7 Å². The molecule has 1 aromatic heterocycles. The molecule has 1 unspecified atom stereocenters. The average Bonchev–Trinajstić information content (AvgIpc) is 2.42. The Kier molecular flexibility index (Phi) is 4.59. The first-order chi connectivity index (χ1) is 9.93. The van der Waals surface area contributed by atoms with Gasteiger partial charge >= 0.3 is 0 Å². The first-order valence-electron chi connectivity index (χ1n) is 6.38. The molecule has 0 bridgehead atoms. The van der Waals surface area contributed by atoms with Crippen molar-refractivity contribution >= 4 is 28.4 Å². The van der Waals surface area contributed by atoms with Gasteiger partial charge in [-0.3, -0.25) is 14.2 Å². The maximum absolute atomic E-state index is 12.3. The lowest BCUT2D eigenvalue weighted by atomic mass is 10.2. The van der Waals surface area contributed by atoms with Crippen LogP contribution in [-0.4, -0.2) is 29.2 Å². The third-order valence-corrected chi connectivity index (χ3v) is 3.35. The highest BCUT2D eigenvalue weighted by molar-refractivity contribution is 6.31. The van der Waals surface area contributed by atoms with Crippen molar-refractivity contribution in [1.29, 1.82) is 0 Å². The maximum atomic E-state index is 12.3. The molecule has 1 atom stereocenters. The van der Waals surface area contributed by atoms with Crippen LogP contribution in [0.3, 0.4) is 0 Å². The van der Waals surface area contributed by atoms with E-state index in [2.05, 4.69) is 10.3 Å². The molecule has 6 nitrogen and oxygen atoms in total. The van der Waals surface area contributed by atoms with Crippen molar-refractivity contribution in [2.45, 2.75) is 13.0 Å². The van der Waals surface area contributed by atoms with Crippen molar-refractivity contribution in [3.8, 4) is 0 Å². The normalized spacial score (nSPS) is 12.4. The molecule has 0 saturated carbocycles. The number of rotatable bonds is 4. The molecule has 0 spiro atoms. The van der Waals surface area contributed by atoms with Crippen molar-refractivity contribution in [2.24, 2.45) is 7.05 Å². The van der Waals surface area contributed by atoms with Gasteiger partial charge in [0.2, 0.25) is 5.91 Å². The Labute approximate surface area is 126 Å². The van der Waals surface area contributed by atoms with Gasteiger partial charge in [0.05, 0.1) is 16.9 Å². The van der Waals surface area contributed by atoms with Crippen LogP contribution in [0.1, 0.15) is 18.8 Å². The summed E-state index contributed by atoms with van der Waals surface area (Å²) in [7, 11) is 3.06. The Hall–Kier alpha value is -1.92. The summed E-state index contributed by atoms with van der Waals surface area (Å²) in [6, 6.07) is 4.50. The number of aromatic nitrogens is 2. The van der Waals surface area contributed by atoms with Gasteiger partial charge in [0, 0.05) is 19.2 Å². The maximum Gasteiger partial charge on any atom is 0.261 e. The molecule has 0 aliphatic carbocycles. The van der Waals surface area contributed by atoms with E-state index in [-0.39, 0.29) is 18.1 Å². The van der Waals surface area contributed by atoms with Crippen LogP contribution in [0, 0.1) is 0 Å². The number of halogens is 1. The van der Waals surface area contributed by atoms with E-state index in [1.807, 2.05) is 0 Å². The molecule has 0 radical (unpaired) electrons.